The van der Waals surface area contributed by atoms with Crippen molar-refractivity contribution in [3.8, 4) is 0 Å². The summed E-state index contributed by atoms with van der Waals surface area (Å²) in [5.41, 5.74) is 8.84. The van der Waals surface area contributed by atoms with Gasteiger partial charge in [-0.1, -0.05) is 32.0 Å². The van der Waals surface area contributed by atoms with E-state index in [1.165, 1.54) is 17.0 Å². The number of carbonyl (C=O) groups is 2. The minimum Gasteiger partial charge on any atom is -0.394 e. The van der Waals surface area contributed by atoms with Crippen LogP contribution in [0.4, 0.5) is 15.8 Å². The number of nitrogens with two attached hydrogens (primary N) is 1. The Bertz CT molecular complexity index is 1370. The van der Waals surface area contributed by atoms with E-state index in [-0.39, 0.29) is 28.8 Å². The first-order valence-electron chi connectivity index (χ1n) is 14.6. The summed E-state index contributed by atoms with van der Waals surface area (Å²) in [5, 5.41) is 6.50. The highest BCUT2D eigenvalue weighted by Crippen LogP contribution is 2.26. The van der Waals surface area contributed by atoms with Crippen LogP contribution in [0.3, 0.4) is 0 Å². The first kappa shape index (κ1) is 31.1. The fourth-order valence-electron chi connectivity index (χ4n) is 5.01. The molecule has 1 heterocycles. The number of rotatable bonds is 11. The number of piperazine rings is 1. The van der Waals surface area contributed by atoms with Crippen molar-refractivity contribution >= 4 is 34.7 Å². The molecular weight excluding hydrogens is 549 g/mol. The molecule has 7 nitrogen and oxygen atoms in total. The number of nitrogens with zero attached hydrogens (tertiary/aromatic N) is 2. The second-order valence-electron chi connectivity index (χ2n) is 9.88. The van der Waals surface area contributed by atoms with Crippen LogP contribution in [0.1, 0.15) is 41.0 Å². The zero-order valence-corrected chi connectivity index (χ0v) is 25.2. The fourth-order valence-corrected chi connectivity index (χ4v) is 5.80. The molecule has 0 bridgehead atoms. The summed E-state index contributed by atoms with van der Waals surface area (Å²) in [6.45, 7) is 9.70. The third-order valence-electron chi connectivity index (χ3n) is 7.21. The molecule has 0 unspecified atom stereocenters. The summed E-state index contributed by atoms with van der Waals surface area (Å²) in [7, 11) is 0. The van der Waals surface area contributed by atoms with Gasteiger partial charge in [0.2, 0.25) is 11.6 Å². The van der Waals surface area contributed by atoms with Crippen LogP contribution in [0.15, 0.2) is 89.1 Å². The Morgan fingerprint density at radius 1 is 0.833 bits per heavy atom. The van der Waals surface area contributed by atoms with Gasteiger partial charge >= 0.3 is 0 Å². The van der Waals surface area contributed by atoms with E-state index in [0.29, 0.717) is 17.7 Å². The van der Waals surface area contributed by atoms with Crippen LogP contribution in [0.2, 0.25) is 0 Å². The summed E-state index contributed by atoms with van der Waals surface area (Å²) in [6.07, 6.45) is 0.808. The molecular formula is C33H40FN5O2S. The SMILES string of the molecule is CC.NC1=C(NCCCN2CCN(c3ccc(F)cc3)CC2)C(=O)c2cc(NCCSc3ccccc3)ccc2C1=O. The van der Waals surface area contributed by atoms with Gasteiger partial charge in [-0.15, -0.1) is 11.8 Å². The van der Waals surface area contributed by atoms with Crippen molar-refractivity contribution in [2.24, 2.45) is 5.73 Å². The number of fused-ring (bicyclic) bond motifs is 1. The highest BCUT2D eigenvalue weighted by molar-refractivity contribution is 7.99. The molecule has 0 atom stereocenters. The lowest BCUT2D eigenvalue weighted by molar-refractivity contribution is 0.0967. The maximum atomic E-state index is 13.3. The van der Waals surface area contributed by atoms with Crippen LogP contribution in [-0.4, -0.2) is 68.0 Å². The lowest BCUT2D eigenvalue weighted by Gasteiger charge is -2.36. The third-order valence-corrected chi connectivity index (χ3v) is 8.22. The number of anilines is 2. The normalized spacial score (nSPS) is 15.2. The maximum absolute atomic E-state index is 13.3. The summed E-state index contributed by atoms with van der Waals surface area (Å²) in [4.78, 5) is 32.1. The average Bonchev–Trinajstić information content (AvgIpc) is 3.04. The van der Waals surface area contributed by atoms with E-state index in [0.717, 1.165) is 62.8 Å². The number of thioether (sulfide) groups is 1. The van der Waals surface area contributed by atoms with E-state index in [9.17, 15) is 14.0 Å². The number of nitrogens with one attached hydrogen (secondary N) is 2. The standard InChI is InChI=1S/C31H34FN5O2S.C2H6/c32-22-7-10-24(11-8-22)37-18-16-36(17-19-37)15-4-13-35-29-28(33)30(38)26-12-9-23(21-27(26)31(29)39)34-14-20-40-25-5-2-1-3-6-25;1-2/h1-3,5-12,21,34-35H,4,13-20,33H2;1-2H3. The molecule has 222 valence electrons. The van der Waals surface area contributed by atoms with E-state index >= 15 is 0 Å². The summed E-state index contributed by atoms with van der Waals surface area (Å²) in [5.74, 6) is 0.0789. The summed E-state index contributed by atoms with van der Waals surface area (Å²) >= 11 is 1.76. The van der Waals surface area contributed by atoms with Gasteiger partial charge in [-0.3, -0.25) is 14.5 Å². The van der Waals surface area contributed by atoms with Crippen molar-refractivity contribution < 1.29 is 14.0 Å². The monoisotopic (exact) mass is 589 g/mol. The van der Waals surface area contributed by atoms with Gasteiger partial charge in [-0.2, -0.15) is 0 Å². The van der Waals surface area contributed by atoms with Gasteiger partial charge in [0.05, 0.1) is 0 Å². The highest BCUT2D eigenvalue weighted by Gasteiger charge is 2.31. The van der Waals surface area contributed by atoms with Gasteiger partial charge in [0.15, 0.2) is 0 Å². The minimum absolute atomic E-state index is 0.0228. The van der Waals surface area contributed by atoms with Gasteiger partial charge in [0, 0.05) is 72.4 Å². The molecule has 42 heavy (non-hydrogen) atoms. The average molecular weight is 590 g/mol. The number of hydrogen-bond donors (Lipinski definition) is 3. The lowest BCUT2D eigenvalue weighted by atomic mass is 9.90. The van der Waals surface area contributed by atoms with Crippen molar-refractivity contribution in [1.29, 1.82) is 0 Å². The number of benzene rings is 3. The molecule has 0 spiro atoms. The topological polar surface area (TPSA) is 90.7 Å². The molecule has 0 aromatic heterocycles. The Labute approximate surface area is 252 Å². The van der Waals surface area contributed by atoms with Gasteiger partial charge in [-0.05, 0) is 67.6 Å². The summed E-state index contributed by atoms with van der Waals surface area (Å²) < 4.78 is 13.2. The molecule has 1 aliphatic carbocycles. The van der Waals surface area contributed by atoms with Gasteiger partial charge in [0.1, 0.15) is 17.2 Å². The van der Waals surface area contributed by atoms with E-state index in [1.807, 2.05) is 50.2 Å². The molecule has 3 aromatic carbocycles. The molecule has 5 rings (SSSR count). The molecule has 4 N–H and O–H groups in total. The van der Waals surface area contributed by atoms with E-state index in [2.05, 4.69) is 32.6 Å². The predicted molar refractivity (Wildman–Crippen MR) is 171 cm³/mol. The quantitative estimate of drug-likeness (QED) is 0.202. The number of ketones is 2. The molecule has 1 saturated heterocycles. The molecule has 0 radical (unpaired) electrons. The van der Waals surface area contributed by atoms with Gasteiger partial charge < -0.3 is 21.3 Å². The van der Waals surface area contributed by atoms with Gasteiger partial charge in [-0.25, -0.2) is 4.39 Å². The molecule has 2 aliphatic rings. The Kier molecular flexibility index (Phi) is 11.4. The Balaban J connectivity index is 0.00000198. The van der Waals surface area contributed by atoms with Crippen LogP contribution >= 0.6 is 11.8 Å². The minimum atomic E-state index is -0.319. The highest BCUT2D eigenvalue weighted by atomic mass is 32.2. The largest absolute Gasteiger partial charge is 0.394 e. The van der Waals surface area contributed by atoms with Gasteiger partial charge in [0.25, 0.3) is 0 Å². The zero-order chi connectivity index (χ0) is 29.9. The number of halogens is 1. The number of allylic oxidation sites excluding steroid dienone is 2. The number of carbonyl (C=O) groups excluding carboxylic acids is 2. The van der Waals surface area contributed by atoms with Crippen molar-refractivity contribution in [1.82, 2.24) is 10.2 Å². The summed E-state index contributed by atoms with van der Waals surface area (Å²) in [6, 6.07) is 22.1. The smallest absolute Gasteiger partial charge is 0.211 e. The van der Waals surface area contributed by atoms with Crippen LogP contribution in [0.5, 0.6) is 0 Å². The zero-order valence-electron chi connectivity index (χ0n) is 24.4. The van der Waals surface area contributed by atoms with E-state index < -0.39 is 0 Å². The van der Waals surface area contributed by atoms with E-state index in [4.69, 9.17) is 5.73 Å². The van der Waals surface area contributed by atoms with Crippen molar-refractivity contribution in [2.45, 2.75) is 25.2 Å². The predicted octanol–water partition coefficient (Wildman–Crippen LogP) is 5.41. The van der Waals surface area contributed by atoms with Crippen LogP contribution < -0.4 is 21.3 Å². The lowest BCUT2D eigenvalue weighted by Crippen LogP contribution is -2.47. The molecule has 0 amide bonds. The van der Waals surface area contributed by atoms with Crippen molar-refractivity contribution in [2.75, 3.05) is 61.8 Å². The third kappa shape index (κ3) is 7.92. The van der Waals surface area contributed by atoms with Crippen LogP contribution in [-0.2, 0) is 0 Å². The Morgan fingerprint density at radius 3 is 2.26 bits per heavy atom. The van der Waals surface area contributed by atoms with Crippen molar-refractivity contribution in [3.63, 3.8) is 0 Å². The maximum Gasteiger partial charge on any atom is 0.211 e. The molecule has 0 saturated carbocycles. The van der Waals surface area contributed by atoms with Crippen LogP contribution in [0, 0.1) is 5.82 Å². The molecule has 1 fully saturated rings. The molecule has 9 heteroatoms. The fraction of sp³-hybridized carbons (Fsp3) is 0.333. The number of hydrogen-bond acceptors (Lipinski definition) is 8. The number of Topliss-reactive ketones (excluding diaryl/α,β-unsaturated/α-hetero) is 2. The molecule has 3 aromatic rings. The second kappa shape index (κ2) is 15.4. The first-order chi connectivity index (χ1) is 20.5. The first-order valence-corrected chi connectivity index (χ1v) is 15.6. The Morgan fingerprint density at radius 2 is 1.55 bits per heavy atom. The second-order valence-corrected chi connectivity index (χ2v) is 11.0. The van der Waals surface area contributed by atoms with E-state index in [1.54, 1.807) is 23.9 Å². The van der Waals surface area contributed by atoms with Crippen molar-refractivity contribution in [3.05, 3.63) is 101 Å². The van der Waals surface area contributed by atoms with Crippen LogP contribution in [0.25, 0.3) is 0 Å². The molecule has 1 aliphatic heterocycles. The Hall–Kier alpha value is -3.82.